The summed E-state index contributed by atoms with van der Waals surface area (Å²) in [6.07, 6.45) is 4.85. The van der Waals surface area contributed by atoms with E-state index < -0.39 is 5.97 Å². The molecule has 9 nitrogen and oxygen atoms in total. The number of halogens is 1. The summed E-state index contributed by atoms with van der Waals surface area (Å²) < 4.78 is 5.43. The molecule has 0 radical (unpaired) electrons. The SMILES string of the molecule is COc1ccc2nc3cc(Cl)ccc3c(Nc3cc(CN4CCCC4)c(O)c(CN4CCCC4)c3)c2n1.O=C(O)c1ccccc1. The molecule has 0 aliphatic carbocycles. The van der Waals surface area contributed by atoms with Crippen LogP contribution < -0.4 is 10.1 Å². The van der Waals surface area contributed by atoms with Crippen molar-refractivity contribution in [2.45, 2.75) is 38.8 Å². The van der Waals surface area contributed by atoms with Gasteiger partial charge in [0, 0.05) is 46.4 Å². The average molecular weight is 640 g/mol. The van der Waals surface area contributed by atoms with Crippen LogP contribution in [0.4, 0.5) is 11.4 Å². The zero-order valence-corrected chi connectivity index (χ0v) is 26.6. The highest BCUT2D eigenvalue weighted by molar-refractivity contribution is 6.31. The van der Waals surface area contributed by atoms with Gasteiger partial charge in [0.1, 0.15) is 11.3 Å². The Labute approximate surface area is 273 Å². The molecule has 0 bridgehead atoms. The molecule has 0 spiro atoms. The van der Waals surface area contributed by atoms with Crippen LogP contribution in [-0.2, 0) is 13.1 Å². The Morgan fingerprint density at radius 1 is 0.848 bits per heavy atom. The number of pyridine rings is 2. The van der Waals surface area contributed by atoms with Crippen LogP contribution in [0.15, 0.2) is 72.8 Å². The fourth-order valence-corrected chi connectivity index (χ4v) is 6.34. The highest BCUT2D eigenvalue weighted by atomic mass is 35.5. The Bertz CT molecular complexity index is 1800. The maximum Gasteiger partial charge on any atom is 0.335 e. The van der Waals surface area contributed by atoms with Gasteiger partial charge in [0.2, 0.25) is 5.88 Å². The Hall–Kier alpha value is -4.44. The van der Waals surface area contributed by atoms with Crippen LogP contribution in [0.5, 0.6) is 11.6 Å². The number of hydrogen-bond donors (Lipinski definition) is 3. The number of phenolic OH excluding ortho intramolecular Hbond substituents is 1. The molecule has 10 heteroatoms. The van der Waals surface area contributed by atoms with E-state index in [4.69, 9.17) is 31.4 Å². The van der Waals surface area contributed by atoms with E-state index in [1.54, 1.807) is 37.4 Å². The first-order valence-electron chi connectivity index (χ1n) is 15.7. The number of carbonyl (C=O) groups is 1. The average Bonchev–Trinajstić information content (AvgIpc) is 3.78. The number of hydrogen-bond acceptors (Lipinski definition) is 8. The number of carboxylic acid groups (broad SMARTS) is 1. The highest BCUT2D eigenvalue weighted by Crippen LogP contribution is 2.37. The van der Waals surface area contributed by atoms with Crippen molar-refractivity contribution < 1.29 is 19.7 Å². The van der Waals surface area contributed by atoms with Crippen LogP contribution in [0.3, 0.4) is 0 Å². The molecule has 46 heavy (non-hydrogen) atoms. The van der Waals surface area contributed by atoms with Crippen molar-refractivity contribution in [3.05, 3.63) is 94.5 Å². The Morgan fingerprint density at radius 3 is 2.04 bits per heavy atom. The molecule has 0 saturated carbocycles. The minimum atomic E-state index is -0.879. The zero-order chi connectivity index (χ0) is 32.0. The third-order valence-corrected chi connectivity index (χ3v) is 8.74. The largest absolute Gasteiger partial charge is 0.507 e. The monoisotopic (exact) mass is 639 g/mol. The number of benzene rings is 3. The lowest BCUT2D eigenvalue weighted by atomic mass is 10.0. The van der Waals surface area contributed by atoms with Gasteiger partial charge in [-0.15, -0.1) is 0 Å². The number of aromatic carboxylic acids is 1. The lowest BCUT2D eigenvalue weighted by Gasteiger charge is -2.22. The molecule has 0 unspecified atom stereocenters. The van der Waals surface area contributed by atoms with E-state index in [-0.39, 0.29) is 0 Å². The van der Waals surface area contributed by atoms with E-state index in [1.807, 2.05) is 30.3 Å². The van der Waals surface area contributed by atoms with Gasteiger partial charge in [-0.05, 0) is 100 Å². The van der Waals surface area contributed by atoms with Crippen molar-refractivity contribution in [2.75, 3.05) is 38.6 Å². The zero-order valence-electron chi connectivity index (χ0n) is 25.9. The Balaban J connectivity index is 0.000000358. The van der Waals surface area contributed by atoms with Crippen molar-refractivity contribution in [1.82, 2.24) is 19.8 Å². The predicted octanol–water partition coefficient (Wildman–Crippen LogP) is 7.47. The topological polar surface area (TPSA) is 111 Å². The quantitative estimate of drug-likeness (QED) is 0.118. The van der Waals surface area contributed by atoms with Crippen molar-refractivity contribution in [2.24, 2.45) is 0 Å². The summed E-state index contributed by atoms with van der Waals surface area (Å²) in [7, 11) is 1.62. The Morgan fingerprint density at radius 2 is 1.48 bits per heavy atom. The lowest BCUT2D eigenvalue weighted by Crippen LogP contribution is -2.20. The van der Waals surface area contributed by atoms with E-state index in [9.17, 15) is 9.90 Å². The summed E-state index contributed by atoms with van der Waals surface area (Å²) in [4.78, 5) is 24.6. The maximum absolute atomic E-state index is 11.3. The molecule has 7 rings (SSSR count). The molecule has 2 aliphatic rings. The smallest absolute Gasteiger partial charge is 0.335 e. The van der Waals surface area contributed by atoms with Crippen LogP contribution in [0.2, 0.25) is 5.02 Å². The van der Waals surface area contributed by atoms with E-state index in [0.29, 0.717) is 22.2 Å². The van der Waals surface area contributed by atoms with Crippen molar-refractivity contribution in [1.29, 1.82) is 0 Å². The number of aromatic nitrogens is 2. The van der Waals surface area contributed by atoms with E-state index in [2.05, 4.69) is 27.2 Å². The molecule has 2 fully saturated rings. The number of carboxylic acids is 1. The minimum Gasteiger partial charge on any atom is -0.507 e. The van der Waals surface area contributed by atoms with Crippen LogP contribution in [-0.4, -0.2) is 69.2 Å². The second kappa shape index (κ2) is 14.3. The van der Waals surface area contributed by atoms with Gasteiger partial charge in [0.05, 0.1) is 29.4 Å². The molecule has 3 aromatic carbocycles. The van der Waals surface area contributed by atoms with E-state index >= 15 is 0 Å². The number of aromatic hydroxyl groups is 1. The summed E-state index contributed by atoms with van der Waals surface area (Å²) in [6.45, 7) is 5.78. The third-order valence-electron chi connectivity index (χ3n) is 8.51. The number of methoxy groups -OCH3 is 1. The number of rotatable bonds is 8. The summed E-state index contributed by atoms with van der Waals surface area (Å²) in [5, 5.41) is 24.9. The molecule has 238 valence electrons. The number of fused-ring (bicyclic) bond motifs is 2. The molecular formula is C36H38ClN5O4. The molecule has 3 N–H and O–H groups in total. The normalized spacial score (nSPS) is 15.2. The second-order valence-electron chi connectivity index (χ2n) is 11.8. The molecule has 2 aliphatic heterocycles. The van der Waals surface area contributed by atoms with Crippen LogP contribution in [0.1, 0.15) is 47.2 Å². The van der Waals surface area contributed by atoms with Gasteiger partial charge in [0.15, 0.2) is 0 Å². The van der Waals surface area contributed by atoms with Gasteiger partial charge in [-0.1, -0.05) is 29.8 Å². The van der Waals surface area contributed by atoms with Gasteiger partial charge >= 0.3 is 5.97 Å². The van der Waals surface area contributed by atoms with Gasteiger partial charge in [0.25, 0.3) is 0 Å². The number of nitrogens with one attached hydrogen (secondary N) is 1. The van der Waals surface area contributed by atoms with Gasteiger partial charge in [-0.25, -0.2) is 14.8 Å². The second-order valence-corrected chi connectivity index (χ2v) is 12.2. The van der Waals surface area contributed by atoms with Crippen molar-refractivity contribution in [3.63, 3.8) is 0 Å². The maximum atomic E-state index is 11.3. The summed E-state index contributed by atoms with van der Waals surface area (Å²) >= 11 is 6.32. The van der Waals surface area contributed by atoms with E-state index in [1.165, 1.54) is 25.7 Å². The number of anilines is 2. The minimum absolute atomic E-state index is 0.331. The van der Waals surface area contributed by atoms with Crippen LogP contribution in [0.25, 0.3) is 21.9 Å². The third kappa shape index (κ3) is 7.33. The predicted molar refractivity (Wildman–Crippen MR) is 182 cm³/mol. The van der Waals surface area contributed by atoms with Crippen LogP contribution in [0, 0.1) is 0 Å². The number of nitrogens with zero attached hydrogens (tertiary/aromatic N) is 4. The first-order chi connectivity index (χ1) is 22.4. The standard InChI is InChI=1S/C29H32ClN5O2.C7H6O2/c1-37-26-9-8-24-28(33-26)27(23-7-6-21(30)16-25(23)32-24)31-22-14-19(17-34-10-2-3-11-34)29(36)20(15-22)18-35-12-4-5-13-35;8-7(9)6-4-2-1-3-5-6/h6-9,14-16,36H,2-5,10-13,17-18H2,1H3,(H,31,32);1-5H,(H,8,9). The molecule has 0 atom stereocenters. The fourth-order valence-electron chi connectivity index (χ4n) is 6.18. The van der Waals surface area contributed by atoms with Crippen molar-refractivity contribution in [3.8, 4) is 11.6 Å². The fraction of sp³-hybridized carbons (Fsp3) is 0.306. The first kappa shape index (κ1) is 31.5. The molecule has 2 saturated heterocycles. The molecule has 0 amide bonds. The van der Waals surface area contributed by atoms with Gasteiger partial charge in [-0.3, -0.25) is 9.80 Å². The van der Waals surface area contributed by atoms with Crippen molar-refractivity contribution >= 4 is 50.9 Å². The molecule has 5 aromatic rings. The lowest BCUT2D eigenvalue weighted by molar-refractivity contribution is 0.0697. The summed E-state index contributed by atoms with van der Waals surface area (Å²) in [5.41, 5.74) is 6.29. The van der Waals surface area contributed by atoms with E-state index in [0.717, 1.165) is 83.7 Å². The number of ether oxygens (including phenoxy) is 1. The van der Waals surface area contributed by atoms with Gasteiger partial charge < -0.3 is 20.3 Å². The van der Waals surface area contributed by atoms with Gasteiger partial charge in [-0.2, -0.15) is 0 Å². The first-order valence-corrected chi connectivity index (χ1v) is 16.0. The number of likely N-dealkylation sites (tertiary alicyclic amines) is 2. The summed E-state index contributed by atoms with van der Waals surface area (Å²) in [6, 6.07) is 21.9. The molecule has 4 heterocycles. The van der Waals surface area contributed by atoms with Crippen LogP contribution >= 0.6 is 11.6 Å². The molecular weight excluding hydrogens is 602 g/mol. The Kier molecular flexibility index (Phi) is 9.82. The number of phenols is 1. The highest BCUT2D eigenvalue weighted by Gasteiger charge is 2.21. The molecule has 2 aromatic heterocycles. The summed E-state index contributed by atoms with van der Waals surface area (Å²) in [5.74, 6) is 0.0665.